The van der Waals surface area contributed by atoms with Crippen molar-refractivity contribution in [2.75, 3.05) is 32.8 Å². The fraction of sp³-hybridized carbons (Fsp3) is 0.524. The fourth-order valence-corrected chi connectivity index (χ4v) is 3.91. The van der Waals surface area contributed by atoms with Crippen molar-refractivity contribution in [3.05, 3.63) is 42.1 Å². The van der Waals surface area contributed by atoms with E-state index in [9.17, 15) is 4.79 Å². The zero-order chi connectivity index (χ0) is 19.1. The van der Waals surface area contributed by atoms with Crippen molar-refractivity contribution < 1.29 is 9.53 Å². The van der Waals surface area contributed by atoms with Crippen molar-refractivity contribution in [2.24, 2.45) is 5.92 Å². The number of carbonyl (C=O) groups excluding carboxylic acids is 1. The van der Waals surface area contributed by atoms with Gasteiger partial charge in [0, 0.05) is 31.2 Å². The summed E-state index contributed by atoms with van der Waals surface area (Å²) in [5.41, 5.74) is 2.31. The summed E-state index contributed by atoms with van der Waals surface area (Å²) in [4.78, 5) is 15.3. The first-order valence-corrected chi connectivity index (χ1v) is 9.93. The lowest BCUT2D eigenvalue weighted by atomic mass is 9.92. The molecule has 27 heavy (non-hydrogen) atoms. The highest BCUT2D eigenvalue weighted by atomic mass is 16.5. The number of nitrogens with one attached hydrogen (secondary N) is 2. The second-order valence-electron chi connectivity index (χ2n) is 7.03. The van der Waals surface area contributed by atoms with E-state index in [1.165, 1.54) is 0 Å². The predicted octanol–water partition coefficient (Wildman–Crippen LogP) is 2.94. The minimum absolute atomic E-state index is 0.0770. The summed E-state index contributed by atoms with van der Waals surface area (Å²) in [5, 5.41) is 10.2. The maximum atomic E-state index is 12.9. The summed E-state index contributed by atoms with van der Waals surface area (Å²) in [6, 6.07) is 10.2. The van der Waals surface area contributed by atoms with Gasteiger partial charge in [0.15, 0.2) is 0 Å². The Hall–Kier alpha value is -2.18. The number of amides is 1. The Morgan fingerprint density at radius 3 is 2.59 bits per heavy atom. The summed E-state index contributed by atoms with van der Waals surface area (Å²) in [5.74, 6) is 0.480. The van der Waals surface area contributed by atoms with E-state index in [-0.39, 0.29) is 5.91 Å². The summed E-state index contributed by atoms with van der Waals surface area (Å²) in [7, 11) is 0. The Morgan fingerprint density at radius 1 is 1.22 bits per heavy atom. The van der Waals surface area contributed by atoms with Crippen molar-refractivity contribution in [1.82, 2.24) is 20.4 Å². The molecule has 1 aromatic heterocycles. The van der Waals surface area contributed by atoms with Crippen LogP contribution in [0.25, 0.3) is 11.3 Å². The number of hydrogen-bond donors (Lipinski definition) is 2. The normalized spacial score (nSPS) is 16.4. The molecule has 6 heteroatoms. The van der Waals surface area contributed by atoms with Crippen LogP contribution in [0.4, 0.5) is 0 Å². The molecule has 1 atom stereocenters. The molecular weight excluding hydrogens is 340 g/mol. The average molecular weight is 370 g/mol. The molecular formula is C21H30N4O2. The van der Waals surface area contributed by atoms with E-state index in [0.717, 1.165) is 50.4 Å². The first-order valence-electron chi connectivity index (χ1n) is 9.93. The van der Waals surface area contributed by atoms with Crippen LogP contribution in [0.3, 0.4) is 0 Å². The number of morpholine rings is 1. The Bertz CT molecular complexity index is 706. The molecule has 146 valence electrons. The lowest BCUT2D eigenvalue weighted by Crippen LogP contribution is -2.52. The minimum Gasteiger partial charge on any atom is -0.379 e. The third-order valence-electron chi connectivity index (χ3n) is 5.53. The molecule has 0 bridgehead atoms. The number of carbonyl (C=O) groups is 1. The fourth-order valence-electron chi connectivity index (χ4n) is 3.91. The van der Waals surface area contributed by atoms with Crippen LogP contribution in [0.5, 0.6) is 0 Å². The van der Waals surface area contributed by atoms with Crippen LogP contribution >= 0.6 is 0 Å². The Balaban J connectivity index is 1.70. The van der Waals surface area contributed by atoms with Gasteiger partial charge in [0.05, 0.1) is 30.7 Å². The topological polar surface area (TPSA) is 70.2 Å². The highest BCUT2D eigenvalue weighted by Gasteiger charge is 2.27. The smallest absolute Gasteiger partial charge is 0.255 e. The molecule has 0 aliphatic carbocycles. The van der Waals surface area contributed by atoms with E-state index in [4.69, 9.17) is 4.74 Å². The van der Waals surface area contributed by atoms with Crippen molar-refractivity contribution >= 4 is 5.91 Å². The van der Waals surface area contributed by atoms with Crippen molar-refractivity contribution in [3.63, 3.8) is 0 Å². The van der Waals surface area contributed by atoms with Crippen LogP contribution in [0.15, 0.2) is 36.5 Å². The number of rotatable bonds is 8. The molecule has 1 unspecified atom stereocenters. The van der Waals surface area contributed by atoms with E-state index >= 15 is 0 Å². The van der Waals surface area contributed by atoms with Gasteiger partial charge in [0.25, 0.3) is 5.91 Å². The van der Waals surface area contributed by atoms with Crippen molar-refractivity contribution in [3.8, 4) is 11.3 Å². The van der Waals surface area contributed by atoms with Gasteiger partial charge in [-0.05, 0) is 5.92 Å². The van der Waals surface area contributed by atoms with Gasteiger partial charge in [-0.3, -0.25) is 14.8 Å². The largest absolute Gasteiger partial charge is 0.379 e. The van der Waals surface area contributed by atoms with Gasteiger partial charge in [-0.15, -0.1) is 0 Å². The lowest BCUT2D eigenvalue weighted by molar-refractivity contribution is 0.00191. The molecule has 1 aromatic carbocycles. The zero-order valence-electron chi connectivity index (χ0n) is 16.3. The van der Waals surface area contributed by atoms with Gasteiger partial charge in [0.2, 0.25) is 0 Å². The maximum absolute atomic E-state index is 12.9. The highest BCUT2D eigenvalue weighted by molar-refractivity contribution is 5.99. The molecule has 0 saturated carbocycles. The second-order valence-corrected chi connectivity index (χ2v) is 7.03. The van der Waals surface area contributed by atoms with Crippen molar-refractivity contribution in [2.45, 2.75) is 32.7 Å². The zero-order valence-corrected chi connectivity index (χ0v) is 16.3. The summed E-state index contributed by atoms with van der Waals surface area (Å²) < 4.78 is 5.50. The predicted molar refractivity (Wildman–Crippen MR) is 107 cm³/mol. The Labute approximate surface area is 161 Å². The average Bonchev–Trinajstić information content (AvgIpc) is 3.22. The monoisotopic (exact) mass is 370 g/mol. The van der Waals surface area contributed by atoms with Crippen molar-refractivity contribution in [1.29, 1.82) is 0 Å². The first-order chi connectivity index (χ1) is 13.2. The standard InChI is InChI=1S/C21H30N4O2/c1-3-16(4-2)19(25-10-12-27-13-11-25)15-22-21(26)18-14-23-24-20(18)17-8-6-5-7-9-17/h5-9,14,16,19H,3-4,10-13,15H2,1-2H3,(H,22,26)(H,23,24). The quantitative estimate of drug-likeness (QED) is 0.750. The van der Waals surface area contributed by atoms with E-state index in [2.05, 4.69) is 34.3 Å². The molecule has 1 aliphatic heterocycles. The maximum Gasteiger partial charge on any atom is 0.255 e. The third-order valence-corrected chi connectivity index (χ3v) is 5.53. The van der Waals surface area contributed by atoms with Crippen LogP contribution in [-0.2, 0) is 4.74 Å². The molecule has 2 N–H and O–H groups in total. The number of H-pyrrole nitrogens is 1. The van der Waals surface area contributed by atoms with Crippen LogP contribution in [0.1, 0.15) is 37.0 Å². The third kappa shape index (κ3) is 4.76. The Kier molecular flexibility index (Phi) is 7.01. The van der Waals surface area contributed by atoms with Gasteiger partial charge in [-0.25, -0.2) is 0 Å². The molecule has 0 spiro atoms. The number of benzene rings is 1. The summed E-state index contributed by atoms with van der Waals surface area (Å²) >= 11 is 0. The van der Waals surface area contributed by atoms with Gasteiger partial charge in [-0.2, -0.15) is 5.10 Å². The van der Waals surface area contributed by atoms with Crippen LogP contribution in [-0.4, -0.2) is 59.9 Å². The molecule has 6 nitrogen and oxygen atoms in total. The van der Waals surface area contributed by atoms with E-state index in [0.29, 0.717) is 24.1 Å². The van der Waals surface area contributed by atoms with E-state index in [1.807, 2.05) is 30.3 Å². The van der Waals surface area contributed by atoms with Crippen LogP contribution in [0, 0.1) is 5.92 Å². The number of aromatic amines is 1. The van der Waals surface area contributed by atoms with E-state index < -0.39 is 0 Å². The SMILES string of the molecule is CCC(CC)C(CNC(=O)c1cn[nH]c1-c1ccccc1)N1CCOCC1. The molecule has 1 fully saturated rings. The molecule has 1 saturated heterocycles. The second kappa shape index (κ2) is 9.67. The van der Waals surface area contributed by atoms with Gasteiger partial charge in [0.1, 0.15) is 0 Å². The van der Waals surface area contributed by atoms with E-state index in [1.54, 1.807) is 6.20 Å². The molecule has 1 amide bonds. The van der Waals surface area contributed by atoms with Crippen LogP contribution in [0.2, 0.25) is 0 Å². The lowest BCUT2D eigenvalue weighted by Gasteiger charge is -2.38. The van der Waals surface area contributed by atoms with Gasteiger partial charge >= 0.3 is 0 Å². The van der Waals surface area contributed by atoms with Crippen LogP contribution < -0.4 is 5.32 Å². The summed E-state index contributed by atoms with van der Waals surface area (Å²) in [6.45, 7) is 8.50. The summed E-state index contributed by atoms with van der Waals surface area (Å²) in [6.07, 6.45) is 3.82. The Morgan fingerprint density at radius 2 is 1.93 bits per heavy atom. The molecule has 1 aliphatic rings. The number of hydrogen-bond acceptors (Lipinski definition) is 4. The number of ether oxygens (including phenoxy) is 1. The minimum atomic E-state index is -0.0770. The first kappa shape index (κ1) is 19.6. The van der Waals surface area contributed by atoms with Gasteiger partial charge in [-0.1, -0.05) is 57.0 Å². The molecule has 3 rings (SSSR count). The number of nitrogens with zero attached hydrogens (tertiary/aromatic N) is 2. The van der Waals surface area contributed by atoms with Gasteiger partial charge < -0.3 is 10.1 Å². The molecule has 0 radical (unpaired) electrons. The molecule has 2 aromatic rings. The number of aromatic nitrogens is 2. The highest BCUT2D eigenvalue weighted by Crippen LogP contribution is 2.22. The molecule has 2 heterocycles.